The lowest BCUT2D eigenvalue weighted by atomic mass is 9.83. The molecule has 3 aromatic rings. The molecule has 1 aliphatic carbocycles. The van der Waals surface area contributed by atoms with E-state index in [-0.39, 0.29) is 11.9 Å². The first-order valence-electron chi connectivity index (χ1n) is 10.8. The van der Waals surface area contributed by atoms with Crippen LogP contribution in [0, 0.1) is 0 Å². The molecule has 2 aromatic carbocycles. The zero-order valence-corrected chi connectivity index (χ0v) is 18.5. The van der Waals surface area contributed by atoms with Gasteiger partial charge in [0, 0.05) is 11.3 Å². The Hall–Kier alpha value is -2.92. The van der Waals surface area contributed by atoms with Crippen molar-refractivity contribution in [2.45, 2.75) is 44.4 Å². The van der Waals surface area contributed by atoms with Crippen LogP contribution >= 0.6 is 11.3 Å². The van der Waals surface area contributed by atoms with Crippen LogP contribution in [0.1, 0.15) is 57.1 Å². The van der Waals surface area contributed by atoms with E-state index in [1.807, 2.05) is 24.3 Å². The average Bonchev–Trinajstić information content (AvgIpc) is 3.16. The molecule has 160 valence electrons. The van der Waals surface area contributed by atoms with Crippen LogP contribution in [0.5, 0.6) is 0 Å². The standard InChI is InChI=1S/C26H27NO3S/c1-30-26(29)24-21-16-15-20(19-12-6-3-7-13-19)17-22(21)31-25(24)27-23(28)14-8-11-18-9-4-2-5-10-18/h2-7,9-10,12-13,20H,8,11,14-17H2,1H3,(H,27,28)/t20-/m0/s1. The maximum atomic E-state index is 12.6. The Bertz CT molecular complexity index is 1040. The number of benzene rings is 2. The van der Waals surface area contributed by atoms with Crippen molar-refractivity contribution in [2.24, 2.45) is 0 Å². The summed E-state index contributed by atoms with van der Waals surface area (Å²) in [5, 5.41) is 3.64. The van der Waals surface area contributed by atoms with E-state index < -0.39 is 0 Å². The Morgan fingerprint density at radius 1 is 1.06 bits per heavy atom. The molecule has 1 aromatic heterocycles. The maximum absolute atomic E-state index is 12.6. The number of carbonyl (C=O) groups is 2. The molecular weight excluding hydrogens is 406 g/mol. The van der Waals surface area contributed by atoms with Crippen LogP contribution in [0.4, 0.5) is 5.00 Å². The number of hydrogen-bond donors (Lipinski definition) is 1. The van der Waals surface area contributed by atoms with Gasteiger partial charge in [0.2, 0.25) is 5.91 Å². The number of anilines is 1. The second-order valence-electron chi connectivity index (χ2n) is 7.94. The lowest BCUT2D eigenvalue weighted by Crippen LogP contribution is -2.16. The van der Waals surface area contributed by atoms with E-state index in [4.69, 9.17) is 4.74 Å². The molecule has 1 N–H and O–H groups in total. The first-order chi connectivity index (χ1) is 15.2. The van der Waals surface area contributed by atoms with Crippen molar-refractivity contribution >= 4 is 28.2 Å². The topological polar surface area (TPSA) is 55.4 Å². The Kier molecular flexibility index (Phi) is 6.82. The van der Waals surface area contributed by atoms with Crippen molar-refractivity contribution in [1.29, 1.82) is 0 Å². The summed E-state index contributed by atoms with van der Waals surface area (Å²) in [5.41, 5.74) is 4.14. The highest BCUT2D eigenvalue weighted by molar-refractivity contribution is 7.17. The molecule has 31 heavy (non-hydrogen) atoms. The van der Waals surface area contributed by atoms with Crippen LogP contribution in [-0.4, -0.2) is 19.0 Å². The van der Waals surface area contributed by atoms with E-state index in [1.54, 1.807) is 0 Å². The molecule has 1 heterocycles. The summed E-state index contributed by atoms with van der Waals surface area (Å²) in [6, 6.07) is 20.7. The number of hydrogen-bond acceptors (Lipinski definition) is 4. The van der Waals surface area contributed by atoms with Crippen LogP contribution in [0.25, 0.3) is 0 Å². The summed E-state index contributed by atoms with van der Waals surface area (Å²) in [5.74, 6) is 0.0156. The highest BCUT2D eigenvalue weighted by atomic mass is 32.1. The van der Waals surface area contributed by atoms with Gasteiger partial charge in [-0.25, -0.2) is 4.79 Å². The number of carbonyl (C=O) groups excluding carboxylic acids is 2. The first kappa shape index (κ1) is 21.3. The number of aryl methyl sites for hydroxylation is 1. The van der Waals surface area contributed by atoms with E-state index >= 15 is 0 Å². The van der Waals surface area contributed by atoms with Gasteiger partial charge in [0.25, 0.3) is 0 Å². The molecule has 1 amide bonds. The van der Waals surface area contributed by atoms with E-state index in [2.05, 4.69) is 41.7 Å². The summed E-state index contributed by atoms with van der Waals surface area (Å²) < 4.78 is 5.05. The normalized spacial score (nSPS) is 15.2. The predicted molar refractivity (Wildman–Crippen MR) is 125 cm³/mol. The van der Waals surface area contributed by atoms with Crippen LogP contribution < -0.4 is 5.32 Å². The SMILES string of the molecule is COC(=O)c1c(NC(=O)CCCc2ccccc2)sc2c1CC[C@H](c1ccccc1)C2. The molecule has 0 saturated carbocycles. The van der Waals surface area contributed by atoms with E-state index in [1.165, 1.54) is 34.5 Å². The summed E-state index contributed by atoms with van der Waals surface area (Å²) in [4.78, 5) is 26.3. The number of thiophene rings is 1. The van der Waals surface area contributed by atoms with Crippen LogP contribution in [0.3, 0.4) is 0 Å². The lowest BCUT2D eigenvalue weighted by molar-refractivity contribution is -0.116. The number of rotatable bonds is 7. The van der Waals surface area contributed by atoms with Crippen molar-refractivity contribution in [1.82, 2.24) is 0 Å². The monoisotopic (exact) mass is 433 g/mol. The Morgan fingerprint density at radius 2 is 1.77 bits per heavy atom. The molecule has 0 aliphatic heterocycles. The summed E-state index contributed by atoms with van der Waals surface area (Å²) in [6.07, 6.45) is 4.74. The number of fused-ring (bicyclic) bond motifs is 1. The Morgan fingerprint density at radius 3 is 2.48 bits per heavy atom. The van der Waals surface area contributed by atoms with E-state index in [0.717, 1.165) is 37.7 Å². The number of methoxy groups -OCH3 is 1. The smallest absolute Gasteiger partial charge is 0.341 e. The number of ether oxygens (including phenoxy) is 1. The minimum absolute atomic E-state index is 0.0562. The maximum Gasteiger partial charge on any atom is 0.341 e. The molecule has 0 bridgehead atoms. The molecule has 5 heteroatoms. The molecule has 0 unspecified atom stereocenters. The highest BCUT2D eigenvalue weighted by Crippen LogP contribution is 2.42. The fourth-order valence-electron chi connectivity index (χ4n) is 4.29. The van der Waals surface area contributed by atoms with Gasteiger partial charge in [-0.1, -0.05) is 60.7 Å². The number of amides is 1. The van der Waals surface area contributed by atoms with E-state index in [0.29, 0.717) is 22.9 Å². The van der Waals surface area contributed by atoms with Crippen molar-refractivity contribution in [3.8, 4) is 0 Å². The van der Waals surface area contributed by atoms with Crippen molar-refractivity contribution in [3.63, 3.8) is 0 Å². The minimum Gasteiger partial charge on any atom is -0.465 e. The lowest BCUT2D eigenvalue weighted by Gasteiger charge is -2.22. The molecule has 4 nitrogen and oxygen atoms in total. The quantitative estimate of drug-likeness (QED) is 0.481. The predicted octanol–water partition coefficient (Wildman–Crippen LogP) is 5.77. The van der Waals surface area contributed by atoms with Gasteiger partial charge in [-0.2, -0.15) is 0 Å². The molecule has 0 radical (unpaired) electrons. The molecule has 0 saturated heterocycles. The molecule has 0 fully saturated rings. The number of nitrogens with one attached hydrogen (secondary N) is 1. The van der Waals surface area contributed by atoms with Gasteiger partial charge in [-0.05, 0) is 54.7 Å². The third kappa shape index (κ3) is 5.05. The van der Waals surface area contributed by atoms with Gasteiger partial charge in [0.15, 0.2) is 0 Å². The highest BCUT2D eigenvalue weighted by Gasteiger charge is 2.30. The van der Waals surface area contributed by atoms with Crippen LogP contribution in [-0.2, 0) is 28.8 Å². The van der Waals surface area contributed by atoms with Gasteiger partial charge >= 0.3 is 5.97 Å². The van der Waals surface area contributed by atoms with Crippen LogP contribution in [0.15, 0.2) is 60.7 Å². The Labute approximate surface area is 187 Å². The van der Waals surface area contributed by atoms with Gasteiger partial charge < -0.3 is 10.1 Å². The first-order valence-corrected chi connectivity index (χ1v) is 11.6. The third-order valence-corrected chi connectivity index (χ3v) is 7.06. The second-order valence-corrected chi connectivity index (χ2v) is 9.04. The molecular formula is C26H27NO3S. The van der Waals surface area contributed by atoms with Gasteiger partial charge in [-0.3, -0.25) is 4.79 Å². The van der Waals surface area contributed by atoms with Crippen molar-refractivity contribution < 1.29 is 14.3 Å². The van der Waals surface area contributed by atoms with Crippen LogP contribution in [0.2, 0.25) is 0 Å². The molecule has 0 spiro atoms. The molecule has 1 aliphatic rings. The summed E-state index contributed by atoms with van der Waals surface area (Å²) >= 11 is 1.53. The van der Waals surface area contributed by atoms with E-state index in [9.17, 15) is 9.59 Å². The average molecular weight is 434 g/mol. The zero-order valence-electron chi connectivity index (χ0n) is 17.7. The number of esters is 1. The van der Waals surface area contributed by atoms with Gasteiger partial charge in [0.1, 0.15) is 5.00 Å². The largest absolute Gasteiger partial charge is 0.465 e. The second kappa shape index (κ2) is 9.92. The fraction of sp³-hybridized carbons (Fsp3) is 0.308. The molecule has 4 rings (SSSR count). The fourth-order valence-corrected chi connectivity index (χ4v) is 5.62. The van der Waals surface area contributed by atoms with Gasteiger partial charge in [-0.15, -0.1) is 11.3 Å². The third-order valence-electron chi connectivity index (χ3n) is 5.89. The van der Waals surface area contributed by atoms with Crippen molar-refractivity contribution in [3.05, 3.63) is 87.8 Å². The minimum atomic E-state index is -0.366. The summed E-state index contributed by atoms with van der Waals surface area (Å²) in [6.45, 7) is 0. The Balaban J connectivity index is 1.46. The molecule has 1 atom stereocenters. The van der Waals surface area contributed by atoms with Crippen molar-refractivity contribution in [2.75, 3.05) is 12.4 Å². The summed E-state index contributed by atoms with van der Waals surface area (Å²) in [7, 11) is 1.40. The van der Waals surface area contributed by atoms with Gasteiger partial charge in [0.05, 0.1) is 12.7 Å². The zero-order chi connectivity index (χ0) is 21.6.